The SMILES string of the molecule is CC#Cc1ccc2ncnc(NC3CCC(N4CCOCC4)CC3)c2c1. The zero-order valence-corrected chi connectivity index (χ0v) is 15.4. The Balaban J connectivity index is 1.44. The lowest BCUT2D eigenvalue weighted by Crippen LogP contribution is -2.46. The van der Waals surface area contributed by atoms with E-state index in [1.54, 1.807) is 6.33 Å². The van der Waals surface area contributed by atoms with Gasteiger partial charge in [-0.1, -0.05) is 5.92 Å². The van der Waals surface area contributed by atoms with Gasteiger partial charge < -0.3 is 10.1 Å². The van der Waals surface area contributed by atoms with Crippen LogP contribution in [-0.2, 0) is 4.74 Å². The van der Waals surface area contributed by atoms with Crippen LogP contribution in [-0.4, -0.2) is 53.3 Å². The van der Waals surface area contributed by atoms with Crippen molar-refractivity contribution in [2.24, 2.45) is 0 Å². The molecule has 4 rings (SSSR count). The maximum Gasteiger partial charge on any atom is 0.137 e. The van der Waals surface area contributed by atoms with E-state index in [4.69, 9.17) is 4.74 Å². The highest BCUT2D eigenvalue weighted by Crippen LogP contribution is 2.28. The van der Waals surface area contributed by atoms with Gasteiger partial charge >= 0.3 is 0 Å². The number of hydrogen-bond acceptors (Lipinski definition) is 5. The minimum Gasteiger partial charge on any atom is -0.379 e. The van der Waals surface area contributed by atoms with Crippen molar-refractivity contribution in [2.75, 3.05) is 31.6 Å². The Labute approximate surface area is 155 Å². The van der Waals surface area contributed by atoms with Gasteiger partial charge in [0.1, 0.15) is 12.1 Å². The topological polar surface area (TPSA) is 50.3 Å². The summed E-state index contributed by atoms with van der Waals surface area (Å²) in [7, 11) is 0. The van der Waals surface area contributed by atoms with Crippen LogP contribution in [0.1, 0.15) is 38.2 Å². The van der Waals surface area contributed by atoms with Crippen molar-refractivity contribution in [3.05, 3.63) is 30.1 Å². The van der Waals surface area contributed by atoms with Crippen molar-refractivity contribution in [1.82, 2.24) is 14.9 Å². The summed E-state index contributed by atoms with van der Waals surface area (Å²) in [6.45, 7) is 5.79. The molecular formula is C21H26N4O. The van der Waals surface area contributed by atoms with Crippen LogP contribution in [0, 0.1) is 11.8 Å². The van der Waals surface area contributed by atoms with Crippen LogP contribution in [0.2, 0.25) is 0 Å². The zero-order chi connectivity index (χ0) is 17.8. The number of hydrogen-bond donors (Lipinski definition) is 1. The number of ether oxygens (including phenoxy) is 1. The molecule has 1 aliphatic carbocycles. The first kappa shape index (κ1) is 17.3. The quantitative estimate of drug-likeness (QED) is 0.862. The third-order valence-electron chi connectivity index (χ3n) is 5.50. The van der Waals surface area contributed by atoms with Gasteiger partial charge in [0.25, 0.3) is 0 Å². The standard InChI is InChI=1S/C21H26N4O/c1-2-3-16-4-9-20-19(14-16)21(23-15-22-20)24-17-5-7-18(8-6-17)25-10-12-26-13-11-25/h4,9,14-15,17-18H,5-8,10-13H2,1H3,(H,22,23,24). The Hall–Kier alpha value is -2.16. The third-order valence-corrected chi connectivity index (χ3v) is 5.50. The van der Waals surface area contributed by atoms with E-state index < -0.39 is 0 Å². The molecule has 1 aliphatic heterocycles. The predicted molar refractivity (Wildman–Crippen MR) is 104 cm³/mol. The summed E-state index contributed by atoms with van der Waals surface area (Å²) in [5.41, 5.74) is 1.97. The molecule has 2 fully saturated rings. The van der Waals surface area contributed by atoms with Crippen LogP contribution in [0.5, 0.6) is 0 Å². The van der Waals surface area contributed by atoms with E-state index in [-0.39, 0.29) is 0 Å². The Morgan fingerprint density at radius 3 is 2.69 bits per heavy atom. The number of anilines is 1. The van der Waals surface area contributed by atoms with Gasteiger partial charge in [-0.25, -0.2) is 9.97 Å². The molecule has 1 aromatic carbocycles. The summed E-state index contributed by atoms with van der Waals surface area (Å²) in [5.74, 6) is 7.02. The smallest absolute Gasteiger partial charge is 0.137 e. The fourth-order valence-electron chi connectivity index (χ4n) is 4.12. The highest BCUT2D eigenvalue weighted by atomic mass is 16.5. The van der Waals surface area contributed by atoms with Crippen LogP contribution < -0.4 is 5.32 Å². The second-order valence-electron chi connectivity index (χ2n) is 7.13. The van der Waals surface area contributed by atoms with Gasteiger partial charge in [0, 0.05) is 36.1 Å². The van der Waals surface area contributed by atoms with Crippen LogP contribution in [0.25, 0.3) is 10.9 Å². The first-order valence-electron chi connectivity index (χ1n) is 9.59. The fraction of sp³-hybridized carbons (Fsp3) is 0.524. The zero-order valence-electron chi connectivity index (χ0n) is 15.4. The van der Waals surface area contributed by atoms with Gasteiger partial charge in [0.2, 0.25) is 0 Å². The Morgan fingerprint density at radius 2 is 1.92 bits per heavy atom. The molecule has 0 bridgehead atoms. The van der Waals surface area contributed by atoms with Crippen LogP contribution in [0.15, 0.2) is 24.5 Å². The Bertz CT molecular complexity index is 812. The maximum atomic E-state index is 5.48. The summed E-state index contributed by atoms with van der Waals surface area (Å²) >= 11 is 0. The molecule has 2 aliphatic rings. The maximum absolute atomic E-state index is 5.48. The molecule has 2 heterocycles. The summed E-state index contributed by atoms with van der Waals surface area (Å²) in [4.78, 5) is 11.5. The molecule has 1 saturated carbocycles. The van der Waals surface area contributed by atoms with Crippen molar-refractivity contribution >= 4 is 16.7 Å². The van der Waals surface area contributed by atoms with Gasteiger partial charge in [-0.2, -0.15) is 0 Å². The molecule has 5 nitrogen and oxygen atoms in total. The first-order valence-corrected chi connectivity index (χ1v) is 9.59. The summed E-state index contributed by atoms with van der Waals surface area (Å²) < 4.78 is 5.48. The molecule has 136 valence electrons. The molecule has 0 unspecified atom stereocenters. The normalized spacial score (nSPS) is 24.0. The van der Waals surface area contributed by atoms with E-state index >= 15 is 0 Å². The van der Waals surface area contributed by atoms with Crippen molar-refractivity contribution in [2.45, 2.75) is 44.7 Å². The molecule has 26 heavy (non-hydrogen) atoms. The molecule has 1 saturated heterocycles. The second-order valence-corrected chi connectivity index (χ2v) is 7.13. The summed E-state index contributed by atoms with van der Waals surface area (Å²) in [6.07, 6.45) is 6.50. The highest BCUT2D eigenvalue weighted by molar-refractivity contribution is 5.90. The van der Waals surface area contributed by atoms with Gasteiger partial charge in [-0.3, -0.25) is 4.90 Å². The van der Waals surface area contributed by atoms with E-state index in [0.29, 0.717) is 12.1 Å². The first-order chi connectivity index (χ1) is 12.8. The molecule has 1 N–H and O–H groups in total. The molecule has 2 aromatic rings. The number of aromatic nitrogens is 2. The molecule has 0 amide bonds. The molecule has 0 atom stereocenters. The average Bonchev–Trinajstić information content (AvgIpc) is 2.70. The van der Waals surface area contributed by atoms with E-state index in [9.17, 15) is 0 Å². The Kier molecular flexibility index (Phi) is 5.33. The number of nitrogens with one attached hydrogen (secondary N) is 1. The van der Waals surface area contributed by atoms with Crippen LogP contribution in [0.4, 0.5) is 5.82 Å². The monoisotopic (exact) mass is 350 g/mol. The van der Waals surface area contributed by atoms with Crippen molar-refractivity contribution in [3.8, 4) is 11.8 Å². The minimum absolute atomic E-state index is 0.478. The lowest BCUT2D eigenvalue weighted by atomic mass is 9.90. The highest BCUT2D eigenvalue weighted by Gasteiger charge is 2.27. The Morgan fingerprint density at radius 1 is 1.12 bits per heavy atom. The lowest BCUT2D eigenvalue weighted by Gasteiger charge is -2.39. The molecular weight excluding hydrogens is 324 g/mol. The second kappa shape index (κ2) is 8.03. The minimum atomic E-state index is 0.478. The van der Waals surface area contributed by atoms with E-state index in [1.165, 1.54) is 25.7 Å². The predicted octanol–water partition coefficient (Wildman–Crippen LogP) is 3.06. The molecule has 0 spiro atoms. The van der Waals surface area contributed by atoms with Gasteiger partial charge in [-0.05, 0) is 50.8 Å². The number of morpholine rings is 1. The fourth-order valence-corrected chi connectivity index (χ4v) is 4.12. The molecule has 0 radical (unpaired) electrons. The van der Waals surface area contributed by atoms with Crippen molar-refractivity contribution in [1.29, 1.82) is 0 Å². The van der Waals surface area contributed by atoms with Gasteiger partial charge in [0.05, 0.1) is 18.7 Å². The van der Waals surface area contributed by atoms with Crippen molar-refractivity contribution in [3.63, 3.8) is 0 Å². The average molecular weight is 350 g/mol. The van der Waals surface area contributed by atoms with E-state index in [2.05, 4.69) is 38.1 Å². The van der Waals surface area contributed by atoms with Gasteiger partial charge in [-0.15, -0.1) is 5.92 Å². The van der Waals surface area contributed by atoms with Crippen molar-refractivity contribution < 1.29 is 4.74 Å². The molecule has 5 heteroatoms. The summed E-state index contributed by atoms with van der Waals surface area (Å²) in [6, 6.07) is 7.32. The molecule has 1 aromatic heterocycles. The lowest BCUT2D eigenvalue weighted by molar-refractivity contribution is 0.00791. The van der Waals surface area contributed by atoms with E-state index in [1.807, 2.05) is 19.1 Å². The number of benzene rings is 1. The van der Waals surface area contributed by atoms with Crippen LogP contribution >= 0.6 is 0 Å². The third kappa shape index (κ3) is 3.82. The number of rotatable bonds is 3. The van der Waals surface area contributed by atoms with Crippen LogP contribution in [0.3, 0.4) is 0 Å². The van der Waals surface area contributed by atoms with Gasteiger partial charge in [0.15, 0.2) is 0 Å². The van der Waals surface area contributed by atoms with E-state index in [0.717, 1.165) is 48.6 Å². The number of nitrogens with zero attached hydrogens (tertiary/aromatic N) is 3. The number of fused-ring (bicyclic) bond motifs is 1. The largest absolute Gasteiger partial charge is 0.379 e. The summed E-state index contributed by atoms with van der Waals surface area (Å²) in [5, 5.41) is 4.73.